The van der Waals surface area contributed by atoms with Crippen LogP contribution in [0.15, 0.2) is 24.3 Å². The molecule has 46 valence electrons. The van der Waals surface area contributed by atoms with Gasteiger partial charge < -0.3 is 5.11 Å². The van der Waals surface area contributed by atoms with Crippen molar-refractivity contribution in [2.24, 2.45) is 0 Å². The molecule has 1 heteroatoms. The van der Waals surface area contributed by atoms with E-state index in [1.54, 1.807) is 6.08 Å². The third kappa shape index (κ3) is 2.59. The van der Waals surface area contributed by atoms with Gasteiger partial charge in [-0.3, -0.25) is 0 Å². The minimum absolute atomic E-state index is 0.108. The molecule has 0 aromatic heterocycles. The molecule has 1 nitrogen and oxygen atoms in total. The van der Waals surface area contributed by atoms with Gasteiger partial charge in [0, 0.05) is 0 Å². The fourth-order valence-electron chi connectivity index (χ4n) is 0.475. The molecule has 0 radical (unpaired) electrons. The van der Waals surface area contributed by atoms with Crippen LogP contribution in [0, 0.1) is 0 Å². The van der Waals surface area contributed by atoms with Crippen LogP contribution < -0.4 is 0 Å². The molecule has 0 amide bonds. The SMILES string of the molecule is C=C/C(=C\CC)CO. The molecule has 0 aliphatic heterocycles. The van der Waals surface area contributed by atoms with Crippen LogP contribution in [0.3, 0.4) is 0 Å². The fourth-order valence-corrected chi connectivity index (χ4v) is 0.475. The van der Waals surface area contributed by atoms with E-state index in [4.69, 9.17) is 5.11 Å². The maximum absolute atomic E-state index is 8.52. The van der Waals surface area contributed by atoms with Gasteiger partial charge in [-0.15, -0.1) is 0 Å². The van der Waals surface area contributed by atoms with Crippen LogP contribution in [0.1, 0.15) is 13.3 Å². The molecule has 0 saturated carbocycles. The van der Waals surface area contributed by atoms with Crippen LogP contribution in [-0.2, 0) is 0 Å². The van der Waals surface area contributed by atoms with Crippen molar-refractivity contribution in [1.82, 2.24) is 0 Å². The summed E-state index contributed by atoms with van der Waals surface area (Å²) < 4.78 is 0. The maximum atomic E-state index is 8.52. The number of hydrogen-bond donors (Lipinski definition) is 1. The quantitative estimate of drug-likeness (QED) is 0.548. The molecular formula is C7H12O. The summed E-state index contributed by atoms with van der Waals surface area (Å²) in [7, 11) is 0. The normalized spacial score (nSPS) is 11.5. The third-order valence-corrected chi connectivity index (χ3v) is 0.911. The first-order chi connectivity index (χ1) is 3.85. The topological polar surface area (TPSA) is 20.2 Å². The highest BCUT2D eigenvalue weighted by molar-refractivity contribution is 5.15. The van der Waals surface area contributed by atoms with Gasteiger partial charge in [0.1, 0.15) is 0 Å². The molecule has 0 aliphatic rings. The van der Waals surface area contributed by atoms with E-state index in [0.717, 1.165) is 12.0 Å². The van der Waals surface area contributed by atoms with E-state index in [1.807, 2.05) is 13.0 Å². The lowest BCUT2D eigenvalue weighted by molar-refractivity contribution is 0.334. The second-order valence-electron chi connectivity index (χ2n) is 1.55. The van der Waals surface area contributed by atoms with Crippen molar-refractivity contribution in [3.8, 4) is 0 Å². The van der Waals surface area contributed by atoms with Gasteiger partial charge in [0.05, 0.1) is 6.61 Å². The van der Waals surface area contributed by atoms with Gasteiger partial charge >= 0.3 is 0 Å². The van der Waals surface area contributed by atoms with Crippen LogP contribution >= 0.6 is 0 Å². The van der Waals surface area contributed by atoms with Gasteiger partial charge in [0.25, 0.3) is 0 Å². The molecular weight excluding hydrogens is 100 g/mol. The zero-order valence-electron chi connectivity index (χ0n) is 5.22. The van der Waals surface area contributed by atoms with Gasteiger partial charge in [-0.1, -0.05) is 25.7 Å². The lowest BCUT2D eigenvalue weighted by Crippen LogP contribution is -1.83. The molecule has 0 fully saturated rings. The van der Waals surface area contributed by atoms with E-state index in [0.29, 0.717) is 0 Å². The molecule has 0 aliphatic carbocycles. The molecule has 8 heavy (non-hydrogen) atoms. The minimum Gasteiger partial charge on any atom is -0.392 e. The summed E-state index contributed by atoms with van der Waals surface area (Å²) in [5.74, 6) is 0. The van der Waals surface area contributed by atoms with Crippen LogP contribution in [0.2, 0.25) is 0 Å². The number of rotatable bonds is 3. The number of hydrogen-bond acceptors (Lipinski definition) is 1. The van der Waals surface area contributed by atoms with Gasteiger partial charge in [-0.2, -0.15) is 0 Å². The Morgan fingerprint density at radius 3 is 2.50 bits per heavy atom. The van der Waals surface area contributed by atoms with Crippen molar-refractivity contribution in [1.29, 1.82) is 0 Å². The number of aliphatic hydroxyl groups is 1. The molecule has 0 saturated heterocycles. The Hall–Kier alpha value is -0.560. The summed E-state index contributed by atoms with van der Waals surface area (Å²) >= 11 is 0. The highest BCUT2D eigenvalue weighted by Gasteiger charge is 1.81. The lowest BCUT2D eigenvalue weighted by Gasteiger charge is -1.90. The predicted octanol–water partition coefficient (Wildman–Crippen LogP) is 1.50. The third-order valence-electron chi connectivity index (χ3n) is 0.911. The number of allylic oxidation sites excluding steroid dienone is 1. The van der Waals surface area contributed by atoms with E-state index in [2.05, 4.69) is 6.58 Å². The lowest BCUT2D eigenvalue weighted by atomic mass is 10.2. The Morgan fingerprint density at radius 1 is 1.75 bits per heavy atom. The Kier molecular flexibility index (Phi) is 4.27. The molecule has 1 N–H and O–H groups in total. The summed E-state index contributed by atoms with van der Waals surface area (Å²) in [5, 5.41) is 8.52. The summed E-state index contributed by atoms with van der Waals surface area (Å²) in [5.41, 5.74) is 0.910. The van der Waals surface area contributed by atoms with Gasteiger partial charge in [0.2, 0.25) is 0 Å². The molecule has 0 rings (SSSR count). The van der Waals surface area contributed by atoms with Gasteiger partial charge in [0.15, 0.2) is 0 Å². The number of aliphatic hydroxyl groups excluding tert-OH is 1. The Balaban J connectivity index is 3.66. The Labute approximate surface area is 50.3 Å². The molecule has 0 aromatic rings. The van der Waals surface area contributed by atoms with E-state index < -0.39 is 0 Å². The van der Waals surface area contributed by atoms with Crippen molar-refractivity contribution >= 4 is 0 Å². The standard InChI is InChI=1S/C7H12O/c1-3-5-7(4-2)6-8/h4-5,8H,2-3,6H2,1H3/b7-5+. The molecule has 0 bridgehead atoms. The van der Waals surface area contributed by atoms with E-state index in [1.165, 1.54) is 0 Å². The van der Waals surface area contributed by atoms with Crippen molar-refractivity contribution in [3.63, 3.8) is 0 Å². The van der Waals surface area contributed by atoms with Gasteiger partial charge in [-0.25, -0.2) is 0 Å². The zero-order valence-corrected chi connectivity index (χ0v) is 5.22. The predicted molar refractivity (Wildman–Crippen MR) is 35.7 cm³/mol. The highest BCUT2D eigenvalue weighted by Crippen LogP contribution is 1.94. The largest absolute Gasteiger partial charge is 0.392 e. The Bertz CT molecular complexity index is 92.6. The average Bonchev–Trinajstić information content (AvgIpc) is 1.83. The van der Waals surface area contributed by atoms with Crippen molar-refractivity contribution in [2.45, 2.75) is 13.3 Å². The van der Waals surface area contributed by atoms with Gasteiger partial charge in [-0.05, 0) is 12.0 Å². The fraction of sp³-hybridized carbons (Fsp3) is 0.429. The van der Waals surface area contributed by atoms with Crippen LogP contribution in [-0.4, -0.2) is 11.7 Å². The average molecular weight is 112 g/mol. The molecule has 0 heterocycles. The highest BCUT2D eigenvalue weighted by atomic mass is 16.3. The van der Waals surface area contributed by atoms with Crippen molar-refractivity contribution < 1.29 is 5.11 Å². The second kappa shape index (κ2) is 4.60. The minimum atomic E-state index is 0.108. The molecule has 0 aromatic carbocycles. The summed E-state index contributed by atoms with van der Waals surface area (Å²) in [6.45, 7) is 5.66. The first kappa shape index (κ1) is 7.44. The van der Waals surface area contributed by atoms with E-state index in [9.17, 15) is 0 Å². The first-order valence-electron chi connectivity index (χ1n) is 2.77. The summed E-state index contributed by atoms with van der Waals surface area (Å²) in [4.78, 5) is 0. The first-order valence-corrected chi connectivity index (χ1v) is 2.77. The van der Waals surface area contributed by atoms with Crippen molar-refractivity contribution in [2.75, 3.05) is 6.61 Å². The van der Waals surface area contributed by atoms with E-state index in [-0.39, 0.29) is 6.61 Å². The van der Waals surface area contributed by atoms with E-state index >= 15 is 0 Å². The van der Waals surface area contributed by atoms with Crippen molar-refractivity contribution in [3.05, 3.63) is 24.3 Å². The monoisotopic (exact) mass is 112 g/mol. The molecule has 0 unspecified atom stereocenters. The van der Waals surface area contributed by atoms with Crippen LogP contribution in [0.4, 0.5) is 0 Å². The zero-order chi connectivity index (χ0) is 6.41. The van der Waals surface area contributed by atoms with Crippen LogP contribution in [0.25, 0.3) is 0 Å². The smallest absolute Gasteiger partial charge is 0.0678 e. The maximum Gasteiger partial charge on any atom is 0.0678 e. The molecule has 0 atom stereocenters. The summed E-state index contributed by atoms with van der Waals surface area (Å²) in [6.07, 6.45) is 4.58. The van der Waals surface area contributed by atoms with Crippen LogP contribution in [0.5, 0.6) is 0 Å². The summed E-state index contributed by atoms with van der Waals surface area (Å²) in [6, 6.07) is 0. The second-order valence-corrected chi connectivity index (χ2v) is 1.55. The molecule has 0 spiro atoms. The Morgan fingerprint density at radius 2 is 2.38 bits per heavy atom.